The molecule has 80 valence electrons. The number of alkyl halides is 2. The van der Waals surface area contributed by atoms with E-state index in [-0.39, 0.29) is 0 Å². The van der Waals surface area contributed by atoms with E-state index in [9.17, 15) is 13.6 Å². The normalized spacial score (nSPS) is 15.3. The molecule has 1 aromatic rings. The monoisotopic (exact) mass is 211 g/mol. The van der Waals surface area contributed by atoms with Gasteiger partial charge in [-0.2, -0.15) is 8.78 Å². The van der Waals surface area contributed by atoms with Crippen molar-refractivity contribution in [3.05, 3.63) is 29.8 Å². The van der Waals surface area contributed by atoms with Crippen molar-refractivity contribution >= 4 is 11.6 Å². The number of rotatable bonds is 1. The lowest BCUT2D eigenvalue weighted by Gasteiger charge is -2.29. The van der Waals surface area contributed by atoms with Gasteiger partial charge in [-0.05, 0) is 24.5 Å². The largest absolute Gasteiger partial charge is 0.316 e. The Balaban J connectivity index is 2.34. The van der Waals surface area contributed by atoms with E-state index in [1.54, 1.807) is 12.1 Å². The first-order valence-corrected chi connectivity index (χ1v) is 4.87. The first-order valence-electron chi connectivity index (χ1n) is 4.87. The van der Waals surface area contributed by atoms with Gasteiger partial charge < -0.3 is 4.90 Å². The van der Waals surface area contributed by atoms with Gasteiger partial charge in [0.2, 0.25) is 0 Å². The summed E-state index contributed by atoms with van der Waals surface area (Å²) in [6, 6.07) is 7.21. The van der Waals surface area contributed by atoms with Crippen LogP contribution >= 0.6 is 0 Å². The number of fused-ring (bicyclic) bond motifs is 1. The smallest absolute Gasteiger partial charge is 0.307 e. The average molecular weight is 211 g/mol. The van der Waals surface area contributed by atoms with Crippen molar-refractivity contribution in [3.63, 3.8) is 0 Å². The van der Waals surface area contributed by atoms with Crippen LogP contribution < -0.4 is 4.90 Å². The molecule has 0 bridgehead atoms. The minimum Gasteiger partial charge on any atom is -0.307 e. The van der Waals surface area contributed by atoms with Crippen LogP contribution in [0.15, 0.2) is 24.3 Å². The molecule has 1 amide bonds. The maximum atomic E-state index is 12.3. The Morgan fingerprint density at radius 3 is 2.80 bits per heavy atom. The molecule has 0 aliphatic carbocycles. The molecule has 0 unspecified atom stereocenters. The number of hydrogen-bond donors (Lipinski definition) is 0. The Kier molecular flexibility index (Phi) is 2.66. The second-order valence-electron chi connectivity index (χ2n) is 3.52. The Labute approximate surface area is 86.5 Å². The van der Waals surface area contributed by atoms with Crippen LogP contribution in [0, 0.1) is 0 Å². The fourth-order valence-corrected chi connectivity index (χ4v) is 1.88. The number of anilines is 1. The second-order valence-corrected chi connectivity index (χ2v) is 3.52. The minimum absolute atomic E-state index is 0.389. The molecule has 0 saturated heterocycles. The van der Waals surface area contributed by atoms with Gasteiger partial charge in [0.25, 0.3) is 5.91 Å². The predicted octanol–water partition coefficient (Wildman–Crippen LogP) is 2.23. The number of aryl methyl sites for hydroxylation is 1. The molecule has 2 nitrogen and oxygen atoms in total. The van der Waals surface area contributed by atoms with Crippen molar-refractivity contribution in [2.24, 2.45) is 0 Å². The Bertz CT molecular complexity index is 379. The summed E-state index contributed by atoms with van der Waals surface area (Å²) in [5.74, 6) is -1.10. The fourth-order valence-electron chi connectivity index (χ4n) is 1.88. The molecule has 0 saturated carbocycles. The van der Waals surface area contributed by atoms with E-state index < -0.39 is 12.3 Å². The zero-order valence-electron chi connectivity index (χ0n) is 8.12. The zero-order valence-corrected chi connectivity index (χ0v) is 8.12. The van der Waals surface area contributed by atoms with E-state index in [0.29, 0.717) is 12.2 Å². The molecule has 0 radical (unpaired) electrons. The number of para-hydroxylation sites is 1. The van der Waals surface area contributed by atoms with Gasteiger partial charge in [-0.1, -0.05) is 18.2 Å². The van der Waals surface area contributed by atoms with Crippen molar-refractivity contribution < 1.29 is 13.6 Å². The standard InChI is InChI=1S/C11H11F2NO/c12-10(13)11(15)14-7-3-5-8-4-1-2-6-9(8)14/h1-2,4,6,10H,3,5,7H2. The number of nitrogens with zero attached hydrogens (tertiary/aromatic N) is 1. The summed E-state index contributed by atoms with van der Waals surface area (Å²) in [7, 11) is 0. The van der Waals surface area contributed by atoms with Gasteiger partial charge in [-0.25, -0.2) is 0 Å². The molecule has 1 heterocycles. The lowest BCUT2D eigenvalue weighted by atomic mass is 10.0. The number of benzene rings is 1. The summed E-state index contributed by atoms with van der Waals surface area (Å²) in [5, 5.41) is 0. The van der Waals surface area contributed by atoms with Gasteiger partial charge in [0, 0.05) is 12.2 Å². The quantitative estimate of drug-likeness (QED) is 0.697. The molecule has 0 spiro atoms. The highest BCUT2D eigenvalue weighted by Gasteiger charge is 2.27. The summed E-state index contributed by atoms with van der Waals surface area (Å²) in [4.78, 5) is 12.4. The van der Waals surface area contributed by atoms with Gasteiger partial charge >= 0.3 is 6.43 Å². The highest BCUT2D eigenvalue weighted by Crippen LogP contribution is 2.27. The number of halogens is 2. The van der Waals surface area contributed by atoms with Crippen LogP contribution in [0.25, 0.3) is 0 Å². The van der Waals surface area contributed by atoms with Crippen molar-refractivity contribution in [1.29, 1.82) is 0 Å². The SMILES string of the molecule is O=C(C(F)F)N1CCCc2ccccc21. The lowest BCUT2D eigenvalue weighted by molar-refractivity contribution is -0.129. The van der Waals surface area contributed by atoms with Crippen LogP contribution in [-0.2, 0) is 11.2 Å². The molecule has 4 heteroatoms. The van der Waals surface area contributed by atoms with E-state index in [1.165, 1.54) is 4.90 Å². The van der Waals surface area contributed by atoms with Gasteiger partial charge in [-0.3, -0.25) is 4.79 Å². The highest BCUT2D eigenvalue weighted by molar-refractivity contribution is 5.96. The molecule has 0 atom stereocenters. The number of hydrogen-bond acceptors (Lipinski definition) is 1. The molecule has 2 rings (SSSR count). The molecule has 0 N–H and O–H groups in total. The molecular weight excluding hydrogens is 200 g/mol. The number of amides is 1. The summed E-state index contributed by atoms with van der Waals surface area (Å²) in [6.07, 6.45) is -1.32. The molecule has 15 heavy (non-hydrogen) atoms. The molecule has 1 aliphatic rings. The van der Waals surface area contributed by atoms with Gasteiger partial charge in [-0.15, -0.1) is 0 Å². The Hall–Kier alpha value is -1.45. The van der Waals surface area contributed by atoms with Crippen LogP contribution in [0.5, 0.6) is 0 Å². The first-order chi connectivity index (χ1) is 7.20. The highest BCUT2D eigenvalue weighted by atomic mass is 19.3. The average Bonchev–Trinajstić information content (AvgIpc) is 2.27. The third-order valence-electron chi connectivity index (χ3n) is 2.56. The molecule has 1 aromatic carbocycles. The second kappa shape index (κ2) is 3.96. The van der Waals surface area contributed by atoms with E-state index in [4.69, 9.17) is 0 Å². The van der Waals surface area contributed by atoms with E-state index in [0.717, 1.165) is 18.4 Å². The van der Waals surface area contributed by atoms with Gasteiger partial charge in [0.15, 0.2) is 0 Å². The van der Waals surface area contributed by atoms with Crippen molar-refractivity contribution in [2.75, 3.05) is 11.4 Å². The summed E-state index contributed by atoms with van der Waals surface area (Å²) >= 11 is 0. The predicted molar refractivity (Wildman–Crippen MR) is 53.1 cm³/mol. The van der Waals surface area contributed by atoms with E-state index in [1.807, 2.05) is 12.1 Å². The summed E-state index contributed by atoms with van der Waals surface area (Å²) in [5.41, 5.74) is 1.60. The van der Waals surface area contributed by atoms with E-state index in [2.05, 4.69) is 0 Å². The lowest BCUT2D eigenvalue weighted by Crippen LogP contribution is -2.39. The maximum Gasteiger partial charge on any atom is 0.316 e. The number of carbonyl (C=O) groups is 1. The van der Waals surface area contributed by atoms with Crippen molar-refractivity contribution in [2.45, 2.75) is 19.3 Å². The number of carbonyl (C=O) groups excluding carboxylic acids is 1. The van der Waals surface area contributed by atoms with Crippen molar-refractivity contribution in [1.82, 2.24) is 0 Å². The maximum absolute atomic E-state index is 12.3. The van der Waals surface area contributed by atoms with Gasteiger partial charge in [0.05, 0.1) is 0 Å². The zero-order chi connectivity index (χ0) is 10.8. The van der Waals surface area contributed by atoms with Crippen LogP contribution in [0.1, 0.15) is 12.0 Å². The van der Waals surface area contributed by atoms with Crippen molar-refractivity contribution in [3.8, 4) is 0 Å². The third kappa shape index (κ3) is 1.84. The Morgan fingerprint density at radius 1 is 1.33 bits per heavy atom. The van der Waals surface area contributed by atoms with Crippen LogP contribution in [-0.4, -0.2) is 18.9 Å². The molecule has 0 aromatic heterocycles. The summed E-state index contributed by atoms with van der Waals surface area (Å²) < 4.78 is 24.6. The van der Waals surface area contributed by atoms with E-state index >= 15 is 0 Å². The minimum atomic E-state index is -2.92. The molecule has 1 aliphatic heterocycles. The summed E-state index contributed by atoms with van der Waals surface area (Å²) in [6.45, 7) is 0.389. The van der Waals surface area contributed by atoms with Crippen LogP contribution in [0.2, 0.25) is 0 Å². The van der Waals surface area contributed by atoms with Crippen LogP contribution in [0.4, 0.5) is 14.5 Å². The van der Waals surface area contributed by atoms with Crippen LogP contribution in [0.3, 0.4) is 0 Å². The fraction of sp³-hybridized carbons (Fsp3) is 0.364. The first kappa shape index (κ1) is 10.1. The molecular formula is C11H11F2NO. The topological polar surface area (TPSA) is 20.3 Å². The Morgan fingerprint density at radius 2 is 2.07 bits per heavy atom. The van der Waals surface area contributed by atoms with Gasteiger partial charge in [0.1, 0.15) is 0 Å². The molecule has 0 fully saturated rings. The third-order valence-corrected chi connectivity index (χ3v) is 2.56.